The zero-order chi connectivity index (χ0) is 17.5. The maximum atomic E-state index is 4.79. The van der Waals surface area contributed by atoms with Crippen LogP contribution < -0.4 is 5.32 Å². The van der Waals surface area contributed by atoms with Crippen LogP contribution in [0.25, 0.3) is 5.57 Å². The van der Waals surface area contributed by atoms with Gasteiger partial charge in [0.05, 0.1) is 12.2 Å². The zero-order valence-corrected chi connectivity index (χ0v) is 15.1. The molecule has 0 bridgehead atoms. The van der Waals surface area contributed by atoms with Crippen molar-refractivity contribution in [1.29, 1.82) is 0 Å². The summed E-state index contributed by atoms with van der Waals surface area (Å²) in [6, 6.07) is 16.7. The summed E-state index contributed by atoms with van der Waals surface area (Å²) in [5.41, 5.74) is 4.79. The molecule has 1 aliphatic heterocycles. The van der Waals surface area contributed by atoms with Crippen LogP contribution >= 0.6 is 0 Å². The van der Waals surface area contributed by atoms with Gasteiger partial charge in [-0.2, -0.15) is 0 Å². The van der Waals surface area contributed by atoms with Gasteiger partial charge in [0, 0.05) is 25.3 Å². The Kier molecular flexibility index (Phi) is 5.83. The highest BCUT2D eigenvalue weighted by molar-refractivity contribution is 5.81. The average molecular weight is 334 g/mol. The predicted molar refractivity (Wildman–Crippen MR) is 104 cm³/mol. The molecular formula is C21H26N4. The first-order valence-corrected chi connectivity index (χ1v) is 8.96. The molecule has 1 aromatic heterocycles. The molecule has 25 heavy (non-hydrogen) atoms. The highest BCUT2D eigenvalue weighted by atomic mass is 15.3. The first kappa shape index (κ1) is 17.2. The van der Waals surface area contributed by atoms with Crippen molar-refractivity contribution in [3.05, 3.63) is 71.6 Å². The quantitative estimate of drug-likeness (QED) is 0.685. The van der Waals surface area contributed by atoms with Gasteiger partial charge in [0.1, 0.15) is 0 Å². The molecule has 3 rings (SSSR count). The van der Waals surface area contributed by atoms with Crippen molar-refractivity contribution in [1.82, 2.24) is 15.2 Å². The molecule has 1 aliphatic rings. The number of hydrogen-bond acceptors (Lipinski definition) is 2. The molecule has 2 heterocycles. The summed E-state index contributed by atoms with van der Waals surface area (Å²) in [5.74, 6) is 0.967. The molecule has 0 aliphatic carbocycles. The molecule has 0 fully saturated rings. The van der Waals surface area contributed by atoms with Gasteiger partial charge in [-0.15, -0.1) is 0 Å². The first-order valence-electron chi connectivity index (χ1n) is 8.96. The third kappa shape index (κ3) is 4.69. The Bertz CT molecular complexity index is 750. The van der Waals surface area contributed by atoms with Crippen molar-refractivity contribution in [2.24, 2.45) is 4.99 Å². The number of aliphatic imine (C=N–C) groups is 1. The standard InChI is InChI=1S/C21H26N4/c1-3-22-21(23-16-20-11-7-8-17(2)24-20)25-14-12-19(13-15-25)18-9-5-4-6-10-18/h4-12H,3,13-16H2,1-2H3,(H,22,23). The van der Waals surface area contributed by atoms with Crippen LogP contribution in [0.1, 0.15) is 30.3 Å². The summed E-state index contributed by atoms with van der Waals surface area (Å²) in [6.45, 7) is 7.46. The molecular weight excluding hydrogens is 308 g/mol. The number of nitrogens with zero attached hydrogens (tertiary/aromatic N) is 3. The minimum atomic E-state index is 0.607. The van der Waals surface area contributed by atoms with E-state index in [4.69, 9.17) is 4.99 Å². The van der Waals surface area contributed by atoms with Crippen LogP contribution in [0.5, 0.6) is 0 Å². The van der Waals surface area contributed by atoms with Crippen LogP contribution in [0.3, 0.4) is 0 Å². The predicted octanol–water partition coefficient (Wildman–Crippen LogP) is 3.64. The summed E-state index contributed by atoms with van der Waals surface area (Å²) in [5, 5.41) is 3.41. The molecule has 4 nitrogen and oxygen atoms in total. The van der Waals surface area contributed by atoms with Gasteiger partial charge in [0.25, 0.3) is 0 Å². The summed E-state index contributed by atoms with van der Waals surface area (Å²) in [4.78, 5) is 11.6. The first-order chi connectivity index (χ1) is 12.3. The number of aryl methyl sites for hydroxylation is 1. The molecule has 0 spiro atoms. The molecule has 4 heteroatoms. The maximum absolute atomic E-state index is 4.79. The Morgan fingerprint density at radius 2 is 2.00 bits per heavy atom. The lowest BCUT2D eigenvalue weighted by Crippen LogP contribution is -2.43. The molecule has 0 atom stereocenters. The maximum Gasteiger partial charge on any atom is 0.194 e. The summed E-state index contributed by atoms with van der Waals surface area (Å²) >= 11 is 0. The number of benzene rings is 1. The van der Waals surface area contributed by atoms with Gasteiger partial charge >= 0.3 is 0 Å². The van der Waals surface area contributed by atoms with Gasteiger partial charge in [-0.3, -0.25) is 4.98 Å². The second-order valence-corrected chi connectivity index (χ2v) is 6.23. The normalized spacial score (nSPS) is 15.0. The largest absolute Gasteiger partial charge is 0.356 e. The lowest BCUT2D eigenvalue weighted by atomic mass is 10.00. The third-order valence-electron chi connectivity index (χ3n) is 4.32. The molecule has 1 aromatic carbocycles. The van der Waals surface area contributed by atoms with Crippen molar-refractivity contribution < 1.29 is 0 Å². The Balaban J connectivity index is 1.69. The fourth-order valence-electron chi connectivity index (χ4n) is 3.05. The van der Waals surface area contributed by atoms with Gasteiger partial charge in [-0.1, -0.05) is 42.5 Å². The fraction of sp³-hybridized carbons (Fsp3) is 0.333. The van der Waals surface area contributed by atoms with E-state index in [-0.39, 0.29) is 0 Å². The second kappa shape index (κ2) is 8.47. The van der Waals surface area contributed by atoms with E-state index in [2.05, 4.69) is 58.5 Å². The third-order valence-corrected chi connectivity index (χ3v) is 4.32. The van der Waals surface area contributed by atoms with E-state index < -0.39 is 0 Å². The van der Waals surface area contributed by atoms with E-state index in [0.29, 0.717) is 6.54 Å². The van der Waals surface area contributed by atoms with E-state index in [9.17, 15) is 0 Å². The smallest absolute Gasteiger partial charge is 0.194 e. The number of hydrogen-bond donors (Lipinski definition) is 1. The van der Waals surface area contributed by atoms with Gasteiger partial charge in [0.2, 0.25) is 0 Å². The molecule has 0 saturated heterocycles. The van der Waals surface area contributed by atoms with Gasteiger partial charge in [-0.05, 0) is 43.5 Å². The van der Waals surface area contributed by atoms with E-state index in [1.165, 1.54) is 11.1 Å². The van der Waals surface area contributed by atoms with E-state index >= 15 is 0 Å². The van der Waals surface area contributed by atoms with Crippen LogP contribution in [0.2, 0.25) is 0 Å². The number of pyridine rings is 1. The molecule has 0 radical (unpaired) electrons. The van der Waals surface area contributed by atoms with Gasteiger partial charge in [-0.25, -0.2) is 4.99 Å². The van der Waals surface area contributed by atoms with Crippen molar-refractivity contribution in [2.45, 2.75) is 26.8 Å². The number of nitrogens with one attached hydrogen (secondary N) is 1. The van der Waals surface area contributed by atoms with Crippen LogP contribution in [0.15, 0.2) is 59.6 Å². The molecule has 0 amide bonds. The summed E-state index contributed by atoms with van der Waals surface area (Å²) < 4.78 is 0. The Labute approximate surface area is 150 Å². The zero-order valence-electron chi connectivity index (χ0n) is 15.1. The lowest BCUT2D eigenvalue weighted by Gasteiger charge is -2.29. The van der Waals surface area contributed by atoms with Crippen LogP contribution in [-0.2, 0) is 6.54 Å². The average Bonchev–Trinajstić information content (AvgIpc) is 2.66. The minimum absolute atomic E-state index is 0.607. The Hall–Kier alpha value is -2.62. The highest BCUT2D eigenvalue weighted by Gasteiger charge is 2.16. The molecule has 1 N–H and O–H groups in total. The monoisotopic (exact) mass is 334 g/mol. The van der Waals surface area contributed by atoms with Crippen molar-refractivity contribution in [2.75, 3.05) is 19.6 Å². The molecule has 0 unspecified atom stereocenters. The summed E-state index contributed by atoms with van der Waals surface area (Å²) in [7, 11) is 0. The van der Waals surface area contributed by atoms with Crippen LogP contribution in [-0.4, -0.2) is 35.5 Å². The molecule has 2 aromatic rings. The fourth-order valence-corrected chi connectivity index (χ4v) is 3.05. The van der Waals surface area contributed by atoms with E-state index in [1.807, 2.05) is 25.1 Å². The number of rotatable bonds is 4. The Morgan fingerprint density at radius 3 is 2.68 bits per heavy atom. The van der Waals surface area contributed by atoms with E-state index in [1.54, 1.807) is 0 Å². The lowest BCUT2D eigenvalue weighted by molar-refractivity contribution is 0.439. The van der Waals surface area contributed by atoms with Crippen molar-refractivity contribution >= 4 is 11.5 Å². The topological polar surface area (TPSA) is 40.5 Å². The number of aromatic nitrogens is 1. The second-order valence-electron chi connectivity index (χ2n) is 6.23. The molecule has 130 valence electrons. The van der Waals surface area contributed by atoms with Crippen LogP contribution in [0, 0.1) is 6.92 Å². The highest BCUT2D eigenvalue weighted by Crippen LogP contribution is 2.22. The van der Waals surface area contributed by atoms with Gasteiger partial charge in [0.15, 0.2) is 5.96 Å². The minimum Gasteiger partial charge on any atom is -0.356 e. The Morgan fingerprint density at radius 1 is 1.16 bits per heavy atom. The van der Waals surface area contributed by atoms with Gasteiger partial charge < -0.3 is 10.2 Å². The van der Waals surface area contributed by atoms with E-state index in [0.717, 1.165) is 43.4 Å². The SMILES string of the molecule is CCNC(=NCc1cccc(C)n1)N1CC=C(c2ccccc2)CC1. The van der Waals surface area contributed by atoms with Crippen molar-refractivity contribution in [3.8, 4) is 0 Å². The summed E-state index contributed by atoms with van der Waals surface area (Å²) in [6.07, 6.45) is 3.35. The van der Waals surface area contributed by atoms with Crippen molar-refractivity contribution in [3.63, 3.8) is 0 Å². The molecule has 0 saturated carbocycles. The number of guanidine groups is 1. The van der Waals surface area contributed by atoms with Crippen LogP contribution in [0.4, 0.5) is 0 Å².